The topological polar surface area (TPSA) is 30.0 Å². The Morgan fingerprint density at radius 1 is 1.43 bits per heavy atom. The van der Waals surface area contributed by atoms with Gasteiger partial charge < -0.3 is 0 Å². The quantitative estimate of drug-likeness (QED) is 0.681. The smallest absolute Gasteiger partial charge is 0.249 e. The molecular formula is C10H9F2NO. The summed E-state index contributed by atoms with van der Waals surface area (Å²) in [7, 11) is 0. The fourth-order valence-corrected chi connectivity index (χ4v) is 1.63. The van der Waals surface area contributed by atoms with Gasteiger partial charge in [0.2, 0.25) is 5.92 Å². The van der Waals surface area contributed by atoms with Gasteiger partial charge in [-0.15, -0.1) is 0 Å². The van der Waals surface area contributed by atoms with Crippen LogP contribution in [0.1, 0.15) is 34.9 Å². The summed E-state index contributed by atoms with van der Waals surface area (Å²) in [6, 6.07) is 4.92. The van der Waals surface area contributed by atoms with Crippen LogP contribution >= 0.6 is 0 Å². The van der Waals surface area contributed by atoms with Gasteiger partial charge in [0.1, 0.15) is 5.69 Å². The Hall–Kier alpha value is -1.32. The van der Waals surface area contributed by atoms with Crippen LogP contribution in [0.25, 0.3) is 0 Å². The summed E-state index contributed by atoms with van der Waals surface area (Å²) >= 11 is 0. The van der Waals surface area contributed by atoms with E-state index in [2.05, 4.69) is 4.98 Å². The van der Waals surface area contributed by atoms with Crippen molar-refractivity contribution in [1.29, 1.82) is 0 Å². The number of pyridine rings is 1. The van der Waals surface area contributed by atoms with E-state index in [4.69, 9.17) is 0 Å². The van der Waals surface area contributed by atoms with E-state index >= 15 is 0 Å². The Labute approximate surface area is 80.0 Å². The van der Waals surface area contributed by atoms with Gasteiger partial charge in [0.15, 0.2) is 6.29 Å². The molecule has 14 heavy (non-hydrogen) atoms. The highest BCUT2D eigenvalue weighted by molar-refractivity contribution is 5.71. The van der Waals surface area contributed by atoms with Crippen LogP contribution in [0.4, 0.5) is 8.78 Å². The van der Waals surface area contributed by atoms with Crippen LogP contribution in [0, 0.1) is 0 Å². The number of rotatable bonds is 2. The summed E-state index contributed by atoms with van der Waals surface area (Å²) in [6.07, 6.45) is 0.324. The molecule has 2 nitrogen and oxygen atoms in total. The molecule has 0 saturated heterocycles. The zero-order valence-electron chi connectivity index (χ0n) is 7.41. The number of halogens is 2. The van der Waals surface area contributed by atoms with E-state index in [-0.39, 0.29) is 18.8 Å². The third-order valence-corrected chi connectivity index (χ3v) is 2.42. The van der Waals surface area contributed by atoms with Crippen LogP contribution in [-0.4, -0.2) is 17.2 Å². The van der Waals surface area contributed by atoms with Gasteiger partial charge in [-0.2, -0.15) is 0 Å². The first-order valence-electron chi connectivity index (χ1n) is 4.41. The van der Waals surface area contributed by atoms with Crippen LogP contribution < -0.4 is 0 Å². The number of aldehydes is 1. The third kappa shape index (κ3) is 1.64. The van der Waals surface area contributed by atoms with Crippen LogP contribution in [0.5, 0.6) is 0 Å². The summed E-state index contributed by atoms with van der Waals surface area (Å²) in [5, 5.41) is 0. The zero-order valence-corrected chi connectivity index (χ0v) is 7.41. The van der Waals surface area contributed by atoms with Gasteiger partial charge >= 0.3 is 0 Å². The second-order valence-corrected chi connectivity index (χ2v) is 3.57. The van der Waals surface area contributed by atoms with Crippen molar-refractivity contribution in [3.8, 4) is 0 Å². The molecule has 1 saturated carbocycles. The maximum atomic E-state index is 12.6. The lowest BCUT2D eigenvalue weighted by molar-refractivity contribution is -0.0876. The summed E-state index contributed by atoms with van der Waals surface area (Å²) < 4.78 is 25.1. The lowest BCUT2D eigenvalue weighted by atomic mass is 9.79. The summed E-state index contributed by atoms with van der Waals surface area (Å²) in [5.41, 5.74) is 0.901. The van der Waals surface area contributed by atoms with Crippen molar-refractivity contribution in [3.05, 3.63) is 29.6 Å². The number of nitrogens with zero attached hydrogens (tertiary/aromatic N) is 1. The van der Waals surface area contributed by atoms with Gasteiger partial charge in [0.05, 0.1) is 0 Å². The third-order valence-electron chi connectivity index (χ3n) is 2.42. The van der Waals surface area contributed by atoms with Gasteiger partial charge in [-0.3, -0.25) is 4.79 Å². The molecule has 0 amide bonds. The maximum absolute atomic E-state index is 12.6. The SMILES string of the molecule is O=Cc1cccc(C2CC(F)(F)C2)n1. The second kappa shape index (κ2) is 3.12. The number of hydrogen-bond acceptors (Lipinski definition) is 2. The van der Waals surface area contributed by atoms with E-state index in [0.29, 0.717) is 17.7 Å². The van der Waals surface area contributed by atoms with Crippen molar-refractivity contribution < 1.29 is 13.6 Å². The predicted octanol–water partition coefficient (Wildman–Crippen LogP) is 2.41. The number of carbonyl (C=O) groups excluding carboxylic acids is 1. The van der Waals surface area contributed by atoms with Crippen molar-refractivity contribution >= 4 is 6.29 Å². The molecule has 0 spiro atoms. The summed E-state index contributed by atoms with van der Waals surface area (Å²) in [5.74, 6) is -2.73. The Kier molecular flexibility index (Phi) is 2.06. The minimum absolute atomic E-state index is 0.150. The van der Waals surface area contributed by atoms with E-state index in [0.717, 1.165) is 0 Å². The van der Waals surface area contributed by atoms with E-state index in [1.165, 1.54) is 0 Å². The first-order chi connectivity index (χ1) is 6.61. The number of hydrogen-bond donors (Lipinski definition) is 0. The van der Waals surface area contributed by atoms with Crippen LogP contribution in [0.2, 0.25) is 0 Å². The Bertz CT molecular complexity index is 357. The molecule has 0 N–H and O–H groups in total. The molecule has 74 valence electrons. The molecule has 1 aliphatic carbocycles. The molecule has 1 aromatic rings. The van der Waals surface area contributed by atoms with Crippen molar-refractivity contribution in [2.24, 2.45) is 0 Å². The van der Waals surface area contributed by atoms with Crippen molar-refractivity contribution in [2.45, 2.75) is 24.7 Å². The predicted molar refractivity (Wildman–Crippen MR) is 46.5 cm³/mol. The Morgan fingerprint density at radius 3 is 2.71 bits per heavy atom. The van der Waals surface area contributed by atoms with E-state index in [1.54, 1.807) is 18.2 Å². The average Bonchev–Trinajstić information content (AvgIpc) is 2.14. The molecule has 1 aliphatic rings. The highest BCUT2D eigenvalue weighted by atomic mass is 19.3. The molecule has 0 unspecified atom stereocenters. The molecule has 0 aliphatic heterocycles. The molecule has 1 heterocycles. The zero-order chi connectivity index (χ0) is 10.2. The van der Waals surface area contributed by atoms with Gasteiger partial charge in [-0.1, -0.05) is 6.07 Å². The van der Waals surface area contributed by atoms with Crippen LogP contribution in [0.15, 0.2) is 18.2 Å². The first kappa shape index (κ1) is 9.24. The minimum atomic E-state index is -2.54. The number of carbonyl (C=O) groups is 1. The normalized spacial score (nSPS) is 20.1. The number of aromatic nitrogens is 1. The highest BCUT2D eigenvalue weighted by Crippen LogP contribution is 2.47. The molecule has 0 aromatic carbocycles. The van der Waals surface area contributed by atoms with Gasteiger partial charge in [-0.25, -0.2) is 13.8 Å². The summed E-state index contributed by atoms with van der Waals surface area (Å²) in [4.78, 5) is 14.4. The lowest BCUT2D eigenvalue weighted by Gasteiger charge is -2.34. The molecule has 1 fully saturated rings. The monoisotopic (exact) mass is 197 g/mol. The molecule has 0 radical (unpaired) electrons. The lowest BCUT2D eigenvalue weighted by Crippen LogP contribution is -2.34. The summed E-state index contributed by atoms with van der Waals surface area (Å²) in [6.45, 7) is 0. The standard InChI is InChI=1S/C10H9F2NO/c11-10(12)4-7(5-10)9-3-1-2-8(6-14)13-9/h1-3,6-7H,4-5H2. The number of alkyl halides is 2. The fourth-order valence-electron chi connectivity index (χ4n) is 1.63. The van der Waals surface area contributed by atoms with Gasteiger partial charge in [0.25, 0.3) is 0 Å². The van der Waals surface area contributed by atoms with Crippen LogP contribution in [-0.2, 0) is 0 Å². The van der Waals surface area contributed by atoms with Gasteiger partial charge in [0, 0.05) is 24.5 Å². The molecule has 1 aromatic heterocycles. The van der Waals surface area contributed by atoms with Crippen molar-refractivity contribution in [2.75, 3.05) is 0 Å². The minimum Gasteiger partial charge on any atom is -0.296 e. The van der Waals surface area contributed by atoms with Crippen LogP contribution in [0.3, 0.4) is 0 Å². The molecule has 0 atom stereocenters. The largest absolute Gasteiger partial charge is 0.296 e. The molecule has 2 rings (SSSR count). The highest BCUT2D eigenvalue weighted by Gasteiger charge is 2.46. The van der Waals surface area contributed by atoms with Gasteiger partial charge in [-0.05, 0) is 12.1 Å². The average molecular weight is 197 g/mol. The maximum Gasteiger partial charge on any atom is 0.249 e. The molecule has 0 bridgehead atoms. The molecular weight excluding hydrogens is 188 g/mol. The van der Waals surface area contributed by atoms with Crippen molar-refractivity contribution in [3.63, 3.8) is 0 Å². The van der Waals surface area contributed by atoms with E-state index < -0.39 is 5.92 Å². The second-order valence-electron chi connectivity index (χ2n) is 3.57. The Balaban J connectivity index is 2.14. The van der Waals surface area contributed by atoms with Crippen molar-refractivity contribution in [1.82, 2.24) is 4.98 Å². The molecule has 4 heteroatoms. The first-order valence-corrected chi connectivity index (χ1v) is 4.41. The van der Waals surface area contributed by atoms with E-state index in [1.807, 2.05) is 0 Å². The fraction of sp³-hybridized carbons (Fsp3) is 0.400. The van der Waals surface area contributed by atoms with E-state index in [9.17, 15) is 13.6 Å². The Morgan fingerprint density at radius 2 is 2.14 bits per heavy atom.